The number of guanidine groups is 1. The second-order valence-corrected chi connectivity index (χ2v) is 7.32. The van der Waals surface area contributed by atoms with Crippen molar-refractivity contribution in [3.63, 3.8) is 0 Å². The Labute approximate surface area is 173 Å². The van der Waals surface area contributed by atoms with Gasteiger partial charge >= 0.3 is 0 Å². The van der Waals surface area contributed by atoms with Crippen molar-refractivity contribution in [3.8, 4) is 0 Å². The number of nitrogens with one attached hydrogen (secondary N) is 2. The first-order valence-corrected chi connectivity index (χ1v) is 10.3. The molecule has 0 aliphatic heterocycles. The Hall–Kier alpha value is -3.08. The third kappa shape index (κ3) is 7.11. The Kier molecular flexibility index (Phi) is 7.87. The predicted molar refractivity (Wildman–Crippen MR) is 120 cm³/mol. The van der Waals surface area contributed by atoms with Crippen molar-refractivity contribution < 1.29 is 0 Å². The van der Waals surface area contributed by atoms with Crippen LogP contribution in [0.25, 0.3) is 0 Å². The predicted octanol–water partition coefficient (Wildman–Crippen LogP) is 4.01. The highest BCUT2D eigenvalue weighted by molar-refractivity contribution is 5.80. The van der Waals surface area contributed by atoms with Gasteiger partial charge in [0.2, 0.25) is 0 Å². The highest BCUT2D eigenvalue weighted by atomic mass is 15.2. The Bertz CT molecular complexity index is 854. The third-order valence-electron chi connectivity index (χ3n) is 4.80. The van der Waals surface area contributed by atoms with E-state index in [1.807, 2.05) is 12.5 Å². The lowest BCUT2D eigenvalue weighted by Gasteiger charge is -2.18. The van der Waals surface area contributed by atoms with Crippen molar-refractivity contribution in [2.75, 3.05) is 6.54 Å². The summed E-state index contributed by atoms with van der Waals surface area (Å²) in [6.07, 6.45) is 7.75. The Morgan fingerprint density at radius 1 is 1.03 bits per heavy atom. The topological polar surface area (TPSA) is 54.2 Å². The smallest absolute Gasteiger partial charge is 0.191 e. The molecule has 1 aromatic heterocycles. The number of aromatic nitrogens is 2. The van der Waals surface area contributed by atoms with Crippen LogP contribution in [-0.2, 0) is 19.5 Å². The van der Waals surface area contributed by atoms with Crippen LogP contribution in [0.5, 0.6) is 0 Å². The van der Waals surface area contributed by atoms with Gasteiger partial charge in [-0.25, -0.2) is 9.98 Å². The Morgan fingerprint density at radius 3 is 2.48 bits per heavy atom. The summed E-state index contributed by atoms with van der Waals surface area (Å²) in [6.45, 7) is 6.65. The van der Waals surface area contributed by atoms with Crippen LogP contribution in [0.3, 0.4) is 0 Å². The summed E-state index contributed by atoms with van der Waals surface area (Å²) >= 11 is 0. The zero-order valence-corrected chi connectivity index (χ0v) is 17.4. The van der Waals surface area contributed by atoms with Gasteiger partial charge in [0.05, 0.1) is 12.9 Å². The molecule has 5 heteroatoms. The van der Waals surface area contributed by atoms with Crippen molar-refractivity contribution in [3.05, 3.63) is 90.0 Å². The lowest BCUT2D eigenvalue weighted by atomic mass is 10.1. The number of aryl methyl sites for hydroxylation is 1. The lowest BCUT2D eigenvalue weighted by Crippen LogP contribution is -2.42. The minimum atomic E-state index is 0.352. The molecule has 0 aliphatic rings. The van der Waals surface area contributed by atoms with E-state index in [-0.39, 0.29) is 0 Å². The first-order chi connectivity index (χ1) is 14.2. The van der Waals surface area contributed by atoms with Crippen LogP contribution in [0, 0.1) is 0 Å². The molecule has 29 heavy (non-hydrogen) atoms. The molecule has 0 saturated heterocycles. The van der Waals surface area contributed by atoms with E-state index in [0.29, 0.717) is 12.6 Å². The van der Waals surface area contributed by atoms with Crippen LogP contribution in [0.4, 0.5) is 0 Å². The molecule has 0 amide bonds. The summed E-state index contributed by atoms with van der Waals surface area (Å²) < 4.78 is 2.07. The average molecular weight is 390 g/mol. The third-order valence-corrected chi connectivity index (χ3v) is 4.80. The fourth-order valence-corrected chi connectivity index (χ4v) is 3.16. The van der Waals surface area contributed by atoms with Gasteiger partial charge in [0, 0.05) is 31.5 Å². The second-order valence-electron chi connectivity index (χ2n) is 7.32. The van der Waals surface area contributed by atoms with Crippen LogP contribution >= 0.6 is 0 Å². The maximum Gasteiger partial charge on any atom is 0.191 e. The number of nitrogens with zero attached hydrogens (tertiary/aromatic N) is 3. The van der Waals surface area contributed by atoms with E-state index in [4.69, 9.17) is 4.99 Å². The number of hydrogen-bond acceptors (Lipinski definition) is 2. The molecule has 5 nitrogen and oxygen atoms in total. The molecular formula is C24H31N5. The normalized spacial score (nSPS) is 12.6. The molecule has 2 N–H and O–H groups in total. The van der Waals surface area contributed by atoms with E-state index in [1.54, 1.807) is 6.20 Å². The van der Waals surface area contributed by atoms with Crippen molar-refractivity contribution in [1.29, 1.82) is 0 Å². The maximum atomic E-state index is 4.76. The van der Waals surface area contributed by atoms with Gasteiger partial charge in [-0.05, 0) is 43.4 Å². The van der Waals surface area contributed by atoms with Gasteiger partial charge in [-0.1, -0.05) is 54.6 Å². The molecule has 3 rings (SSSR count). The summed E-state index contributed by atoms with van der Waals surface area (Å²) in [4.78, 5) is 8.85. The number of aliphatic imine (C=N–C) groups is 1. The molecule has 152 valence electrons. The molecule has 1 atom stereocenters. The maximum absolute atomic E-state index is 4.76. The standard InChI is InChI=1S/C24H31N5/c1-3-26-24(28-20(2)9-10-21-7-5-4-6-8-21)27-17-22-11-13-23(14-12-22)18-29-16-15-25-19-29/h4-8,11-16,19-20H,3,9-10,17-18H2,1-2H3,(H2,26,27,28). The van der Waals surface area contributed by atoms with Crippen molar-refractivity contribution in [2.24, 2.45) is 4.99 Å². The van der Waals surface area contributed by atoms with Crippen molar-refractivity contribution in [2.45, 2.75) is 45.8 Å². The molecule has 0 radical (unpaired) electrons. The average Bonchev–Trinajstić information content (AvgIpc) is 3.25. The minimum Gasteiger partial charge on any atom is -0.357 e. The van der Waals surface area contributed by atoms with Crippen LogP contribution < -0.4 is 10.6 Å². The van der Waals surface area contributed by atoms with Gasteiger partial charge in [0.15, 0.2) is 5.96 Å². The molecular weight excluding hydrogens is 358 g/mol. The van der Waals surface area contributed by atoms with Crippen LogP contribution in [0.2, 0.25) is 0 Å². The van der Waals surface area contributed by atoms with Gasteiger partial charge in [-0.2, -0.15) is 0 Å². The first-order valence-electron chi connectivity index (χ1n) is 10.3. The van der Waals surface area contributed by atoms with Crippen LogP contribution in [0.15, 0.2) is 78.3 Å². The first kappa shape index (κ1) is 20.6. The van der Waals surface area contributed by atoms with Crippen molar-refractivity contribution >= 4 is 5.96 Å². The molecule has 1 unspecified atom stereocenters. The van der Waals surface area contributed by atoms with Gasteiger partial charge in [-0.15, -0.1) is 0 Å². The zero-order chi connectivity index (χ0) is 20.3. The summed E-state index contributed by atoms with van der Waals surface area (Å²) in [5, 5.41) is 6.88. The fraction of sp³-hybridized carbons (Fsp3) is 0.333. The molecule has 0 saturated carbocycles. The fourth-order valence-electron chi connectivity index (χ4n) is 3.16. The monoisotopic (exact) mass is 389 g/mol. The van der Waals surface area contributed by atoms with E-state index < -0.39 is 0 Å². The van der Waals surface area contributed by atoms with E-state index in [1.165, 1.54) is 16.7 Å². The van der Waals surface area contributed by atoms with Crippen LogP contribution in [-0.4, -0.2) is 28.1 Å². The molecule has 1 heterocycles. The molecule has 0 spiro atoms. The molecule has 2 aromatic carbocycles. The van der Waals surface area contributed by atoms with E-state index in [0.717, 1.165) is 31.9 Å². The molecule has 0 bridgehead atoms. The Morgan fingerprint density at radius 2 is 1.79 bits per heavy atom. The summed E-state index contributed by atoms with van der Waals surface area (Å²) in [7, 11) is 0. The zero-order valence-electron chi connectivity index (χ0n) is 17.4. The lowest BCUT2D eigenvalue weighted by molar-refractivity contribution is 0.593. The van der Waals surface area contributed by atoms with Gasteiger partial charge in [0.1, 0.15) is 0 Å². The van der Waals surface area contributed by atoms with Gasteiger partial charge in [0.25, 0.3) is 0 Å². The van der Waals surface area contributed by atoms with Crippen molar-refractivity contribution in [1.82, 2.24) is 20.2 Å². The van der Waals surface area contributed by atoms with Gasteiger partial charge < -0.3 is 15.2 Å². The van der Waals surface area contributed by atoms with E-state index in [9.17, 15) is 0 Å². The SMILES string of the molecule is CCNC(=NCc1ccc(Cn2ccnc2)cc1)NC(C)CCc1ccccc1. The highest BCUT2D eigenvalue weighted by Crippen LogP contribution is 2.08. The second kappa shape index (κ2) is 11.1. The number of hydrogen-bond donors (Lipinski definition) is 2. The molecule has 0 aliphatic carbocycles. The molecule has 0 fully saturated rings. The van der Waals surface area contributed by atoms with E-state index >= 15 is 0 Å². The van der Waals surface area contributed by atoms with E-state index in [2.05, 4.69) is 88.6 Å². The summed E-state index contributed by atoms with van der Waals surface area (Å²) in [5.41, 5.74) is 3.84. The largest absolute Gasteiger partial charge is 0.357 e. The quantitative estimate of drug-likeness (QED) is 0.429. The number of benzene rings is 2. The minimum absolute atomic E-state index is 0.352. The Balaban J connectivity index is 1.51. The number of imidazole rings is 1. The molecule has 3 aromatic rings. The number of rotatable bonds is 9. The summed E-state index contributed by atoms with van der Waals surface area (Å²) in [6, 6.07) is 19.6. The van der Waals surface area contributed by atoms with Crippen LogP contribution in [0.1, 0.15) is 37.0 Å². The highest BCUT2D eigenvalue weighted by Gasteiger charge is 2.06. The summed E-state index contributed by atoms with van der Waals surface area (Å²) in [5.74, 6) is 0.871. The van der Waals surface area contributed by atoms with Gasteiger partial charge in [-0.3, -0.25) is 0 Å².